The highest BCUT2D eigenvalue weighted by Crippen LogP contribution is 2.41. The summed E-state index contributed by atoms with van der Waals surface area (Å²) >= 11 is 1.66. The van der Waals surface area contributed by atoms with Crippen molar-refractivity contribution in [3.8, 4) is 28.5 Å². The molecule has 1 N–H and O–H groups in total. The summed E-state index contributed by atoms with van der Waals surface area (Å²) in [5.74, 6) is 1.86. The lowest BCUT2D eigenvalue weighted by atomic mass is 10.1. The van der Waals surface area contributed by atoms with Gasteiger partial charge in [0.1, 0.15) is 0 Å². The van der Waals surface area contributed by atoms with Crippen LogP contribution >= 0.6 is 11.3 Å². The molecule has 2 aromatic rings. The van der Waals surface area contributed by atoms with Gasteiger partial charge in [-0.2, -0.15) is 0 Å². The molecule has 0 unspecified atom stereocenters. The number of hydrogen-bond acceptors (Lipinski definition) is 6. The Bertz CT molecular complexity index is 573. The first-order chi connectivity index (χ1) is 10.2. The topological polar surface area (TPSA) is 52.6 Å². The Morgan fingerprint density at radius 1 is 1.10 bits per heavy atom. The molecule has 0 amide bonds. The third kappa shape index (κ3) is 3.46. The molecule has 0 saturated heterocycles. The molecule has 0 saturated carbocycles. The van der Waals surface area contributed by atoms with Gasteiger partial charge in [0.15, 0.2) is 11.5 Å². The quantitative estimate of drug-likeness (QED) is 0.852. The van der Waals surface area contributed by atoms with Gasteiger partial charge >= 0.3 is 0 Å². The van der Waals surface area contributed by atoms with Crippen LogP contribution in [0.1, 0.15) is 5.01 Å². The second-order valence-electron chi connectivity index (χ2n) is 4.39. The first kappa shape index (κ1) is 15.6. The van der Waals surface area contributed by atoms with E-state index in [2.05, 4.69) is 10.3 Å². The molecule has 5 nitrogen and oxygen atoms in total. The minimum Gasteiger partial charge on any atom is -0.493 e. The Labute approximate surface area is 128 Å². The van der Waals surface area contributed by atoms with Gasteiger partial charge in [0.2, 0.25) is 5.75 Å². The molecule has 0 spiro atoms. The smallest absolute Gasteiger partial charge is 0.203 e. The summed E-state index contributed by atoms with van der Waals surface area (Å²) in [7, 11) is 6.76. The molecular weight excluding hydrogens is 288 g/mol. The Balaban J connectivity index is 2.37. The lowest BCUT2D eigenvalue weighted by molar-refractivity contribution is 0.324. The number of thiazole rings is 1. The van der Waals surface area contributed by atoms with Gasteiger partial charge in [0.05, 0.1) is 32.0 Å². The van der Waals surface area contributed by atoms with Gasteiger partial charge in [-0.3, -0.25) is 0 Å². The van der Waals surface area contributed by atoms with Crippen molar-refractivity contribution >= 4 is 11.3 Å². The molecule has 0 aliphatic rings. The van der Waals surface area contributed by atoms with Crippen LogP contribution < -0.4 is 19.5 Å². The average molecular weight is 308 g/mol. The van der Waals surface area contributed by atoms with E-state index in [-0.39, 0.29) is 0 Å². The number of aromatic nitrogens is 1. The molecule has 0 bridgehead atoms. The van der Waals surface area contributed by atoms with Crippen LogP contribution in [0.5, 0.6) is 17.2 Å². The maximum absolute atomic E-state index is 5.37. The number of hydrogen-bond donors (Lipinski definition) is 1. The highest BCUT2D eigenvalue weighted by Gasteiger charge is 2.15. The number of ether oxygens (including phenoxy) is 3. The van der Waals surface area contributed by atoms with Gasteiger partial charge in [0.25, 0.3) is 0 Å². The lowest BCUT2D eigenvalue weighted by Crippen LogP contribution is -2.09. The van der Waals surface area contributed by atoms with Crippen LogP contribution in [0.2, 0.25) is 0 Å². The minimum absolute atomic E-state index is 0.592. The maximum atomic E-state index is 5.37. The second-order valence-corrected chi connectivity index (χ2v) is 5.34. The molecule has 6 heteroatoms. The zero-order valence-electron chi connectivity index (χ0n) is 12.7. The van der Waals surface area contributed by atoms with E-state index in [1.807, 2.05) is 24.6 Å². The third-order valence-corrected chi connectivity index (χ3v) is 4.01. The summed E-state index contributed by atoms with van der Waals surface area (Å²) in [5, 5.41) is 6.28. The predicted molar refractivity (Wildman–Crippen MR) is 84.8 cm³/mol. The van der Waals surface area contributed by atoms with Gasteiger partial charge in [0, 0.05) is 23.9 Å². The van der Waals surface area contributed by atoms with Gasteiger partial charge in [-0.15, -0.1) is 11.3 Å². The van der Waals surface area contributed by atoms with Crippen molar-refractivity contribution in [1.82, 2.24) is 10.3 Å². The average Bonchev–Trinajstić information content (AvgIpc) is 3.00. The van der Waals surface area contributed by atoms with E-state index in [0.29, 0.717) is 17.2 Å². The monoisotopic (exact) mass is 308 g/mol. The largest absolute Gasteiger partial charge is 0.493 e. The zero-order valence-corrected chi connectivity index (χ0v) is 13.5. The summed E-state index contributed by atoms with van der Waals surface area (Å²) < 4.78 is 16.1. The second kappa shape index (κ2) is 7.28. The molecule has 1 aromatic carbocycles. The highest BCUT2D eigenvalue weighted by atomic mass is 32.1. The number of benzene rings is 1. The Hall–Kier alpha value is -1.79. The van der Waals surface area contributed by atoms with Crippen LogP contribution in [0.25, 0.3) is 11.3 Å². The maximum Gasteiger partial charge on any atom is 0.203 e. The molecule has 114 valence electrons. The van der Waals surface area contributed by atoms with E-state index in [1.54, 1.807) is 32.7 Å². The fraction of sp³-hybridized carbons (Fsp3) is 0.400. The molecule has 0 atom stereocenters. The Morgan fingerprint density at radius 3 is 2.29 bits per heavy atom. The van der Waals surface area contributed by atoms with Crippen molar-refractivity contribution in [3.05, 3.63) is 22.5 Å². The Kier molecular flexibility index (Phi) is 5.41. The van der Waals surface area contributed by atoms with E-state index >= 15 is 0 Å². The number of likely N-dealkylation sites (N-methyl/N-ethyl adjacent to an activating group) is 1. The third-order valence-electron chi connectivity index (χ3n) is 3.10. The van der Waals surface area contributed by atoms with Crippen molar-refractivity contribution in [3.63, 3.8) is 0 Å². The van der Waals surface area contributed by atoms with Crippen molar-refractivity contribution < 1.29 is 14.2 Å². The van der Waals surface area contributed by atoms with Crippen LogP contribution in [-0.4, -0.2) is 39.9 Å². The van der Waals surface area contributed by atoms with Gasteiger partial charge < -0.3 is 19.5 Å². The van der Waals surface area contributed by atoms with Crippen LogP contribution in [0.4, 0.5) is 0 Å². The summed E-state index contributed by atoms with van der Waals surface area (Å²) in [4.78, 5) is 4.65. The van der Waals surface area contributed by atoms with Crippen LogP contribution in [0.15, 0.2) is 17.5 Å². The molecular formula is C15H20N2O3S. The van der Waals surface area contributed by atoms with Gasteiger partial charge in [-0.05, 0) is 19.2 Å². The summed E-state index contributed by atoms with van der Waals surface area (Å²) in [6.07, 6.45) is 0.922. The van der Waals surface area contributed by atoms with Crippen molar-refractivity contribution in [2.75, 3.05) is 34.9 Å². The lowest BCUT2D eigenvalue weighted by Gasteiger charge is -2.13. The summed E-state index contributed by atoms with van der Waals surface area (Å²) in [5.41, 5.74) is 1.88. The van der Waals surface area contributed by atoms with Crippen molar-refractivity contribution in [2.45, 2.75) is 6.42 Å². The van der Waals surface area contributed by atoms with Gasteiger partial charge in [-0.25, -0.2) is 4.98 Å². The fourth-order valence-electron chi connectivity index (χ4n) is 2.02. The molecule has 2 rings (SSSR count). The van der Waals surface area contributed by atoms with Crippen molar-refractivity contribution in [1.29, 1.82) is 0 Å². The van der Waals surface area contributed by atoms with Gasteiger partial charge in [-0.1, -0.05) is 0 Å². The van der Waals surface area contributed by atoms with E-state index in [4.69, 9.17) is 14.2 Å². The van der Waals surface area contributed by atoms with Crippen LogP contribution in [-0.2, 0) is 6.42 Å². The zero-order chi connectivity index (χ0) is 15.2. The number of methoxy groups -OCH3 is 3. The van der Waals surface area contributed by atoms with Crippen molar-refractivity contribution in [2.24, 2.45) is 0 Å². The van der Waals surface area contributed by atoms with E-state index in [0.717, 1.165) is 29.2 Å². The normalized spacial score (nSPS) is 10.5. The van der Waals surface area contributed by atoms with Crippen LogP contribution in [0, 0.1) is 0 Å². The number of nitrogens with one attached hydrogen (secondary N) is 1. The highest BCUT2D eigenvalue weighted by molar-refractivity contribution is 7.09. The molecule has 0 radical (unpaired) electrons. The van der Waals surface area contributed by atoms with E-state index < -0.39 is 0 Å². The molecule has 21 heavy (non-hydrogen) atoms. The molecule has 0 aliphatic carbocycles. The first-order valence-electron chi connectivity index (χ1n) is 6.62. The predicted octanol–water partition coefficient (Wildman–Crippen LogP) is 2.60. The minimum atomic E-state index is 0.592. The van der Waals surface area contributed by atoms with E-state index in [9.17, 15) is 0 Å². The number of rotatable bonds is 7. The SMILES string of the molecule is CNCCc1nc(-c2cc(OC)c(OC)c(OC)c2)cs1. The molecule has 1 heterocycles. The fourth-order valence-corrected chi connectivity index (χ4v) is 2.83. The van der Waals surface area contributed by atoms with E-state index in [1.165, 1.54) is 0 Å². The molecule has 1 aromatic heterocycles. The molecule has 0 fully saturated rings. The Morgan fingerprint density at radius 2 is 1.76 bits per heavy atom. The molecule has 0 aliphatic heterocycles. The van der Waals surface area contributed by atoms with Crippen LogP contribution in [0.3, 0.4) is 0 Å². The standard InChI is InChI=1S/C15H20N2O3S/c1-16-6-5-14-17-11(9-21-14)10-7-12(18-2)15(20-4)13(8-10)19-3/h7-9,16H,5-6H2,1-4H3. The first-order valence-corrected chi connectivity index (χ1v) is 7.50. The number of nitrogens with zero attached hydrogens (tertiary/aromatic N) is 1. The summed E-state index contributed by atoms with van der Waals surface area (Å²) in [6, 6.07) is 3.83. The summed E-state index contributed by atoms with van der Waals surface area (Å²) in [6.45, 7) is 0.919.